The molecule has 0 saturated carbocycles. The van der Waals surface area contributed by atoms with Crippen molar-refractivity contribution in [3.8, 4) is 0 Å². The van der Waals surface area contributed by atoms with Crippen molar-refractivity contribution >= 4 is 12.1 Å². The molecular weight excluding hydrogens is 510 g/mol. The Hall–Kier alpha value is -3.72. The summed E-state index contributed by atoms with van der Waals surface area (Å²) in [7, 11) is 0. The maximum atomic E-state index is 13.4. The molecule has 3 aromatic carbocycles. The van der Waals surface area contributed by atoms with Crippen LogP contribution in [0.3, 0.4) is 0 Å². The summed E-state index contributed by atoms with van der Waals surface area (Å²) in [6.45, 7) is 5.58. The molecule has 4 rings (SSSR count). The summed E-state index contributed by atoms with van der Waals surface area (Å²) in [5, 5.41) is 11.6. The molecule has 1 fully saturated rings. The van der Waals surface area contributed by atoms with E-state index >= 15 is 0 Å². The number of piperidine rings is 1. The van der Waals surface area contributed by atoms with Crippen molar-refractivity contribution in [2.75, 3.05) is 6.54 Å². The monoisotopic (exact) mass is 547 g/mol. The highest BCUT2D eigenvalue weighted by Crippen LogP contribution is 2.28. The largest absolute Gasteiger partial charge is 0.458 e. The van der Waals surface area contributed by atoms with Gasteiger partial charge in [0.15, 0.2) is 6.04 Å². The maximum absolute atomic E-state index is 13.4. The van der Waals surface area contributed by atoms with E-state index in [1.165, 1.54) is 4.90 Å². The van der Waals surface area contributed by atoms with E-state index in [2.05, 4.69) is 0 Å². The van der Waals surface area contributed by atoms with Gasteiger partial charge in [0.05, 0.1) is 19.8 Å². The van der Waals surface area contributed by atoms with Gasteiger partial charge in [-0.05, 0) is 37.5 Å². The quantitative estimate of drug-likeness (QED) is 0.382. The highest BCUT2D eigenvalue weighted by Gasteiger charge is 2.51. The first kappa shape index (κ1) is 29.3. The van der Waals surface area contributed by atoms with E-state index in [0.717, 1.165) is 16.7 Å². The number of amides is 1. The minimum absolute atomic E-state index is 0.0107. The smallest absolute Gasteiger partial charge is 0.411 e. The number of rotatable bonds is 9. The zero-order chi connectivity index (χ0) is 28.5. The Balaban J connectivity index is 1.59. The van der Waals surface area contributed by atoms with Crippen LogP contribution in [0.4, 0.5) is 4.79 Å². The molecular formula is C32H37NO7. The number of ether oxygens (including phenoxy) is 4. The van der Waals surface area contributed by atoms with Crippen LogP contribution in [0.5, 0.6) is 0 Å². The van der Waals surface area contributed by atoms with Gasteiger partial charge in [-0.1, -0.05) is 91.0 Å². The molecule has 1 N–H and O–H groups in total. The summed E-state index contributed by atoms with van der Waals surface area (Å²) in [6, 6.07) is 27.0. The third kappa shape index (κ3) is 8.14. The van der Waals surface area contributed by atoms with Gasteiger partial charge < -0.3 is 24.1 Å². The lowest BCUT2D eigenvalue weighted by atomic mass is 9.93. The lowest BCUT2D eigenvalue weighted by Gasteiger charge is -2.45. The zero-order valence-electron chi connectivity index (χ0n) is 23.1. The topological polar surface area (TPSA) is 94.5 Å². The first-order valence-electron chi connectivity index (χ1n) is 13.4. The van der Waals surface area contributed by atoms with Crippen molar-refractivity contribution < 1.29 is 33.6 Å². The number of aliphatic hydroxyl groups excluding tert-OH is 1. The van der Waals surface area contributed by atoms with Gasteiger partial charge in [-0.3, -0.25) is 4.90 Å². The number of esters is 1. The fraction of sp³-hybridized carbons (Fsp3) is 0.375. The van der Waals surface area contributed by atoms with E-state index in [1.54, 1.807) is 20.8 Å². The van der Waals surface area contributed by atoms with Crippen LogP contribution in [0.15, 0.2) is 91.0 Å². The second-order valence-electron chi connectivity index (χ2n) is 10.8. The van der Waals surface area contributed by atoms with Gasteiger partial charge >= 0.3 is 12.1 Å². The van der Waals surface area contributed by atoms with Crippen LogP contribution in [0.1, 0.15) is 37.5 Å². The second kappa shape index (κ2) is 13.6. The lowest BCUT2D eigenvalue weighted by molar-refractivity contribution is -0.199. The van der Waals surface area contributed by atoms with Gasteiger partial charge in [0.1, 0.15) is 30.5 Å². The number of nitrogens with zero attached hydrogens (tertiary/aromatic N) is 1. The highest BCUT2D eigenvalue weighted by molar-refractivity contribution is 5.83. The Labute approximate surface area is 235 Å². The second-order valence-corrected chi connectivity index (χ2v) is 10.8. The van der Waals surface area contributed by atoms with Crippen LogP contribution in [-0.2, 0) is 43.6 Å². The molecule has 3 aromatic rings. The third-order valence-corrected chi connectivity index (χ3v) is 6.42. The van der Waals surface area contributed by atoms with Crippen LogP contribution < -0.4 is 0 Å². The van der Waals surface area contributed by atoms with E-state index in [-0.39, 0.29) is 26.4 Å². The first-order valence-corrected chi connectivity index (χ1v) is 13.4. The normalized spacial score (nSPS) is 21.1. The number of benzene rings is 3. The fourth-order valence-electron chi connectivity index (χ4n) is 4.51. The van der Waals surface area contributed by atoms with E-state index in [1.807, 2.05) is 91.0 Å². The minimum Gasteiger partial charge on any atom is -0.458 e. The van der Waals surface area contributed by atoms with Crippen LogP contribution in [0, 0.1) is 0 Å². The lowest BCUT2D eigenvalue weighted by Crippen LogP contribution is -2.67. The van der Waals surface area contributed by atoms with Gasteiger partial charge in [0.25, 0.3) is 0 Å². The van der Waals surface area contributed by atoms with Crippen LogP contribution in [0.25, 0.3) is 0 Å². The summed E-state index contributed by atoms with van der Waals surface area (Å²) < 4.78 is 23.6. The molecule has 1 amide bonds. The van der Waals surface area contributed by atoms with E-state index < -0.39 is 42.0 Å². The average molecular weight is 548 g/mol. The SMILES string of the molecule is CC(C)(C)OC(=O)[C@H]1[C@@H](O)[C@@H](OCc2ccccc2)[C@H](OCc2ccccc2)CN1C(=O)OCc1ccccc1. The summed E-state index contributed by atoms with van der Waals surface area (Å²) in [6.07, 6.45) is -3.85. The number of likely N-dealkylation sites (tertiary alicyclic amines) is 1. The van der Waals surface area contributed by atoms with Crippen LogP contribution in [0.2, 0.25) is 0 Å². The number of hydrogen-bond acceptors (Lipinski definition) is 7. The highest BCUT2D eigenvalue weighted by atomic mass is 16.6. The Morgan fingerprint density at radius 1 is 0.775 bits per heavy atom. The molecule has 212 valence electrons. The Bertz CT molecular complexity index is 1210. The molecule has 0 spiro atoms. The summed E-state index contributed by atoms with van der Waals surface area (Å²) in [5.41, 5.74) is 1.78. The number of carbonyl (C=O) groups is 2. The zero-order valence-corrected chi connectivity index (χ0v) is 23.1. The van der Waals surface area contributed by atoms with Gasteiger partial charge in [-0.15, -0.1) is 0 Å². The van der Waals surface area contributed by atoms with Crippen molar-refractivity contribution in [1.29, 1.82) is 0 Å². The molecule has 1 aliphatic rings. The van der Waals surface area contributed by atoms with Gasteiger partial charge in [0.2, 0.25) is 0 Å². The molecule has 1 heterocycles. The minimum atomic E-state index is -1.43. The number of carbonyl (C=O) groups excluding carboxylic acids is 2. The molecule has 40 heavy (non-hydrogen) atoms. The molecule has 1 aliphatic heterocycles. The van der Waals surface area contributed by atoms with E-state index in [9.17, 15) is 14.7 Å². The third-order valence-electron chi connectivity index (χ3n) is 6.42. The number of hydrogen-bond donors (Lipinski definition) is 1. The van der Waals surface area contributed by atoms with Gasteiger partial charge in [-0.25, -0.2) is 9.59 Å². The molecule has 4 atom stereocenters. The van der Waals surface area contributed by atoms with Gasteiger partial charge in [-0.2, -0.15) is 0 Å². The molecule has 0 aromatic heterocycles. The average Bonchev–Trinajstić information content (AvgIpc) is 2.94. The summed E-state index contributed by atoms with van der Waals surface area (Å²) >= 11 is 0. The van der Waals surface area contributed by atoms with Crippen LogP contribution in [-0.4, -0.2) is 58.6 Å². The molecule has 0 radical (unpaired) electrons. The van der Waals surface area contributed by atoms with Crippen molar-refractivity contribution in [1.82, 2.24) is 4.90 Å². The standard InChI is InChI=1S/C32H37NO7/c1-32(2,3)40-30(35)27-28(34)29(38-21-24-15-9-5-10-16-24)26(37-20-23-13-7-4-8-14-23)19-33(27)31(36)39-22-25-17-11-6-12-18-25/h4-18,26-29,34H,19-22H2,1-3H3/t26-,27-,28-,29+/m1/s1. The van der Waals surface area contributed by atoms with Crippen molar-refractivity contribution in [3.05, 3.63) is 108 Å². The number of aliphatic hydroxyl groups is 1. The van der Waals surface area contributed by atoms with Crippen LogP contribution >= 0.6 is 0 Å². The predicted octanol–water partition coefficient (Wildman–Crippen LogP) is 4.88. The van der Waals surface area contributed by atoms with Crippen molar-refractivity contribution in [2.45, 2.75) is 70.5 Å². The van der Waals surface area contributed by atoms with Crippen molar-refractivity contribution in [3.63, 3.8) is 0 Å². The Morgan fingerprint density at radius 2 is 1.25 bits per heavy atom. The first-order chi connectivity index (χ1) is 19.2. The van der Waals surface area contributed by atoms with Crippen molar-refractivity contribution in [2.24, 2.45) is 0 Å². The molecule has 1 saturated heterocycles. The van der Waals surface area contributed by atoms with Gasteiger partial charge in [0, 0.05) is 0 Å². The molecule has 0 unspecified atom stereocenters. The summed E-state index contributed by atoms with van der Waals surface area (Å²) in [4.78, 5) is 28.0. The predicted molar refractivity (Wildman–Crippen MR) is 149 cm³/mol. The molecule has 0 aliphatic carbocycles. The maximum Gasteiger partial charge on any atom is 0.411 e. The van der Waals surface area contributed by atoms with E-state index in [0.29, 0.717) is 0 Å². The van der Waals surface area contributed by atoms with E-state index in [4.69, 9.17) is 18.9 Å². The Kier molecular flexibility index (Phi) is 9.93. The molecule has 0 bridgehead atoms. The Morgan fingerprint density at radius 3 is 1.75 bits per heavy atom. The summed E-state index contributed by atoms with van der Waals surface area (Å²) in [5.74, 6) is -0.744. The molecule has 8 nitrogen and oxygen atoms in total. The molecule has 8 heteroatoms. The fourth-order valence-corrected chi connectivity index (χ4v) is 4.51.